The lowest BCUT2D eigenvalue weighted by Gasteiger charge is -2.07. The third-order valence-corrected chi connectivity index (χ3v) is 2.71. The first-order valence-electron chi connectivity index (χ1n) is 5.85. The Bertz CT molecular complexity index is 619. The van der Waals surface area contributed by atoms with Gasteiger partial charge < -0.3 is 10.3 Å². The van der Waals surface area contributed by atoms with Gasteiger partial charge in [0.25, 0.3) is 0 Å². The van der Waals surface area contributed by atoms with E-state index in [1.54, 1.807) is 4.57 Å². The van der Waals surface area contributed by atoms with Gasteiger partial charge in [-0.15, -0.1) is 0 Å². The first-order chi connectivity index (χ1) is 9.41. The molecule has 0 radical (unpaired) electrons. The lowest BCUT2D eigenvalue weighted by atomic mass is 10.1. The number of alkyl halides is 3. The number of aromatic nitrogens is 2. The number of benzene rings is 1. The van der Waals surface area contributed by atoms with E-state index in [1.165, 1.54) is 24.7 Å². The zero-order chi connectivity index (χ0) is 14.8. The summed E-state index contributed by atoms with van der Waals surface area (Å²) in [4.78, 5) is 15.9. The lowest BCUT2D eigenvalue weighted by Crippen LogP contribution is -2.09. The SMILES string of the molecule is NCCn1cnc(C(=O)c2cccc(C(F)(F)F)c2)c1. The molecule has 2 rings (SSSR count). The first-order valence-corrected chi connectivity index (χ1v) is 5.85. The summed E-state index contributed by atoms with van der Waals surface area (Å²) in [6.45, 7) is 0.871. The van der Waals surface area contributed by atoms with E-state index in [9.17, 15) is 18.0 Å². The summed E-state index contributed by atoms with van der Waals surface area (Å²) in [5, 5.41) is 0. The predicted octanol–water partition coefficient (Wildman–Crippen LogP) is 2.09. The van der Waals surface area contributed by atoms with Crippen LogP contribution in [0.5, 0.6) is 0 Å². The minimum absolute atomic E-state index is 0.0437. The highest BCUT2D eigenvalue weighted by Crippen LogP contribution is 2.29. The van der Waals surface area contributed by atoms with Crippen LogP contribution in [0.15, 0.2) is 36.8 Å². The van der Waals surface area contributed by atoms with E-state index in [0.717, 1.165) is 12.1 Å². The van der Waals surface area contributed by atoms with Gasteiger partial charge in [-0.2, -0.15) is 13.2 Å². The van der Waals surface area contributed by atoms with Gasteiger partial charge in [0.1, 0.15) is 5.69 Å². The molecular formula is C13H12F3N3O. The normalized spacial score (nSPS) is 11.6. The van der Waals surface area contributed by atoms with E-state index < -0.39 is 17.5 Å². The number of imidazole rings is 1. The molecule has 1 heterocycles. The van der Waals surface area contributed by atoms with Gasteiger partial charge >= 0.3 is 6.18 Å². The smallest absolute Gasteiger partial charge is 0.335 e. The number of ketones is 1. The van der Waals surface area contributed by atoms with E-state index >= 15 is 0 Å². The van der Waals surface area contributed by atoms with Crippen molar-refractivity contribution in [3.63, 3.8) is 0 Å². The molecule has 4 nitrogen and oxygen atoms in total. The van der Waals surface area contributed by atoms with Crippen LogP contribution in [0.4, 0.5) is 13.2 Å². The number of nitrogens with zero attached hydrogens (tertiary/aromatic N) is 2. The van der Waals surface area contributed by atoms with Crippen molar-refractivity contribution in [1.82, 2.24) is 9.55 Å². The maximum Gasteiger partial charge on any atom is 0.416 e. The lowest BCUT2D eigenvalue weighted by molar-refractivity contribution is -0.137. The van der Waals surface area contributed by atoms with E-state index in [4.69, 9.17) is 5.73 Å². The van der Waals surface area contributed by atoms with Gasteiger partial charge in [0.15, 0.2) is 0 Å². The largest absolute Gasteiger partial charge is 0.416 e. The van der Waals surface area contributed by atoms with Gasteiger partial charge in [0.05, 0.1) is 11.9 Å². The highest BCUT2D eigenvalue weighted by Gasteiger charge is 2.31. The maximum absolute atomic E-state index is 12.6. The zero-order valence-electron chi connectivity index (χ0n) is 10.4. The molecule has 0 fully saturated rings. The van der Waals surface area contributed by atoms with Crippen molar-refractivity contribution in [2.45, 2.75) is 12.7 Å². The van der Waals surface area contributed by atoms with Gasteiger partial charge in [0.2, 0.25) is 5.78 Å². The topological polar surface area (TPSA) is 60.9 Å². The van der Waals surface area contributed by atoms with E-state index in [1.807, 2.05) is 0 Å². The van der Waals surface area contributed by atoms with Crippen LogP contribution < -0.4 is 5.73 Å². The zero-order valence-corrected chi connectivity index (χ0v) is 10.4. The van der Waals surface area contributed by atoms with Crippen LogP contribution in [-0.4, -0.2) is 21.9 Å². The van der Waals surface area contributed by atoms with Gasteiger partial charge in [-0.05, 0) is 12.1 Å². The van der Waals surface area contributed by atoms with Crippen LogP contribution in [0.1, 0.15) is 21.6 Å². The molecule has 2 N–H and O–H groups in total. The molecular weight excluding hydrogens is 271 g/mol. The Morgan fingerprint density at radius 1 is 1.35 bits per heavy atom. The minimum Gasteiger partial charge on any atom is -0.335 e. The Hall–Kier alpha value is -2.15. The number of nitrogens with two attached hydrogens (primary N) is 1. The Kier molecular flexibility index (Phi) is 3.89. The predicted molar refractivity (Wildman–Crippen MR) is 66.2 cm³/mol. The molecule has 0 bridgehead atoms. The third-order valence-electron chi connectivity index (χ3n) is 2.71. The van der Waals surface area contributed by atoms with E-state index in [2.05, 4.69) is 4.98 Å². The number of hydrogen-bond acceptors (Lipinski definition) is 3. The van der Waals surface area contributed by atoms with Gasteiger partial charge in [-0.3, -0.25) is 4.79 Å². The molecule has 0 aliphatic heterocycles. The van der Waals surface area contributed by atoms with Crippen molar-refractivity contribution < 1.29 is 18.0 Å². The maximum atomic E-state index is 12.6. The minimum atomic E-state index is -4.48. The fourth-order valence-corrected chi connectivity index (χ4v) is 1.73. The molecule has 0 aliphatic rings. The molecule has 7 heteroatoms. The molecule has 0 unspecified atom stereocenters. The Morgan fingerprint density at radius 3 is 2.75 bits per heavy atom. The second-order valence-corrected chi connectivity index (χ2v) is 4.19. The fraction of sp³-hybridized carbons (Fsp3) is 0.231. The van der Waals surface area contributed by atoms with E-state index in [0.29, 0.717) is 13.1 Å². The molecule has 2 aromatic rings. The number of rotatable bonds is 4. The monoisotopic (exact) mass is 283 g/mol. The molecule has 1 aromatic carbocycles. The summed E-state index contributed by atoms with van der Waals surface area (Å²) in [5.41, 5.74) is 4.56. The summed E-state index contributed by atoms with van der Waals surface area (Å²) in [7, 11) is 0. The quantitative estimate of drug-likeness (QED) is 0.874. The summed E-state index contributed by atoms with van der Waals surface area (Å²) in [6.07, 6.45) is -1.58. The molecule has 0 spiro atoms. The van der Waals surface area contributed by atoms with E-state index in [-0.39, 0.29) is 11.3 Å². The fourth-order valence-electron chi connectivity index (χ4n) is 1.73. The average Bonchev–Trinajstić information content (AvgIpc) is 2.86. The number of halogens is 3. The van der Waals surface area contributed by atoms with Gasteiger partial charge in [-0.25, -0.2) is 4.98 Å². The van der Waals surface area contributed by atoms with Crippen LogP contribution in [0.3, 0.4) is 0 Å². The molecule has 0 saturated heterocycles. The Balaban J connectivity index is 2.28. The van der Waals surface area contributed by atoms with Gasteiger partial charge in [-0.1, -0.05) is 12.1 Å². The second kappa shape index (κ2) is 5.46. The van der Waals surface area contributed by atoms with Crippen molar-refractivity contribution in [3.05, 3.63) is 53.6 Å². The highest BCUT2D eigenvalue weighted by molar-refractivity contribution is 6.07. The average molecular weight is 283 g/mol. The summed E-state index contributed by atoms with van der Waals surface area (Å²) in [5.74, 6) is -0.549. The number of carbonyl (C=O) groups is 1. The highest BCUT2D eigenvalue weighted by atomic mass is 19.4. The molecule has 0 amide bonds. The second-order valence-electron chi connectivity index (χ2n) is 4.19. The third kappa shape index (κ3) is 3.05. The van der Waals surface area contributed by atoms with Crippen molar-refractivity contribution in [3.8, 4) is 0 Å². The molecule has 0 atom stereocenters. The van der Waals surface area contributed by atoms with Crippen LogP contribution in [0.25, 0.3) is 0 Å². The van der Waals surface area contributed by atoms with Crippen molar-refractivity contribution in [2.24, 2.45) is 5.73 Å². The summed E-state index contributed by atoms with van der Waals surface area (Å²) >= 11 is 0. The molecule has 1 aromatic heterocycles. The summed E-state index contributed by atoms with van der Waals surface area (Å²) < 4.78 is 39.4. The van der Waals surface area contributed by atoms with Crippen LogP contribution in [-0.2, 0) is 12.7 Å². The number of carbonyl (C=O) groups excluding carboxylic acids is 1. The Labute approximate surface area is 113 Å². The van der Waals surface area contributed by atoms with Crippen LogP contribution >= 0.6 is 0 Å². The molecule has 0 aliphatic carbocycles. The Morgan fingerprint density at radius 2 is 2.10 bits per heavy atom. The first kappa shape index (κ1) is 14.3. The summed E-state index contributed by atoms with van der Waals surface area (Å²) in [6, 6.07) is 4.28. The molecule has 0 saturated carbocycles. The van der Waals surface area contributed by atoms with Crippen molar-refractivity contribution in [1.29, 1.82) is 0 Å². The number of hydrogen-bond donors (Lipinski definition) is 1. The van der Waals surface area contributed by atoms with Crippen molar-refractivity contribution >= 4 is 5.78 Å². The van der Waals surface area contributed by atoms with Crippen LogP contribution in [0.2, 0.25) is 0 Å². The molecule has 20 heavy (non-hydrogen) atoms. The van der Waals surface area contributed by atoms with Crippen molar-refractivity contribution in [2.75, 3.05) is 6.54 Å². The van der Waals surface area contributed by atoms with Crippen LogP contribution in [0, 0.1) is 0 Å². The van der Waals surface area contributed by atoms with Gasteiger partial charge in [0, 0.05) is 24.8 Å². The standard InChI is InChI=1S/C13H12F3N3O/c14-13(15,16)10-3-1-2-9(6-10)12(20)11-7-19(5-4-17)8-18-11/h1-3,6-8H,4-5,17H2. The molecule has 106 valence electrons.